The number of nitrogens with two attached hydrogens (primary N) is 1. The van der Waals surface area contributed by atoms with Crippen LogP contribution >= 0.6 is 0 Å². The lowest BCUT2D eigenvalue weighted by molar-refractivity contribution is -0.208. The van der Waals surface area contributed by atoms with Crippen molar-refractivity contribution in [3.63, 3.8) is 0 Å². The minimum atomic E-state index is -4.44. The van der Waals surface area contributed by atoms with Gasteiger partial charge in [-0.3, -0.25) is 0 Å². The molecule has 2 N–H and O–H groups in total. The summed E-state index contributed by atoms with van der Waals surface area (Å²) in [4.78, 5) is 17.4. The van der Waals surface area contributed by atoms with Crippen molar-refractivity contribution in [1.29, 1.82) is 0 Å². The summed E-state index contributed by atoms with van der Waals surface area (Å²) in [5, 5.41) is 1.63. The number of carbonyl (C=O) groups excluding carboxylic acids is 1. The lowest BCUT2D eigenvalue weighted by Crippen LogP contribution is -2.41. The Hall–Kier alpha value is -1.96. The molecule has 26 heavy (non-hydrogen) atoms. The molecule has 0 radical (unpaired) electrons. The van der Waals surface area contributed by atoms with Crippen LogP contribution in [0.4, 0.5) is 18.9 Å². The van der Waals surface area contributed by atoms with Crippen LogP contribution in [-0.2, 0) is 15.8 Å². The maximum atomic E-state index is 12.7. The van der Waals surface area contributed by atoms with Gasteiger partial charge >= 0.3 is 12.1 Å². The van der Waals surface area contributed by atoms with E-state index in [1.165, 1.54) is 6.07 Å². The molecule has 1 aliphatic heterocycles. The summed E-state index contributed by atoms with van der Waals surface area (Å²) in [6.45, 7) is 6.82. The molecule has 1 aliphatic rings. The summed E-state index contributed by atoms with van der Waals surface area (Å²) in [5.74, 6) is 0.0195. The molecule has 1 saturated heterocycles. The number of anilines is 1. The van der Waals surface area contributed by atoms with Crippen LogP contribution in [-0.4, -0.2) is 30.7 Å². The fourth-order valence-corrected chi connectivity index (χ4v) is 2.56. The first-order valence-electron chi connectivity index (χ1n) is 8.53. The van der Waals surface area contributed by atoms with Gasteiger partial charge in [-0.15, -0.1) is 5.06 Å². The highest BCUT2D eigenvalue weighted by atomic mass is 19.4. The van der Waals surface area contributed by atoms with E-state index in [9.17, 15) is 18.0 Å². The normalized spacial score (nSPS) is 19.2. The number of ether oxygens (including phenoxy) is 1. The summed E-state index contributed by atoms with van der Waals surface area (Å²) in [7, 11) is 0. The second-order valence-corrected chi connectivity index (χ2v) is 7.59. The third-order valence-electron chi connectivity index (χ3n) is 4.12. The number of piperidine rings is 1. The van der Waals surface area contributed by atoms with Crippen LogP contribution in [0, 0.1) is 11.3 Å². The zero-order valence-electron chi connectivity index (χ0n) is 15.2. The van der Waals surface area contributed by atoms with E-state index in [1.54, 1.807) is 25.8 Å². The van der Waals surface area contributed by atoms with Gasteiger partial charge in [0.2, 0.25) is 0 Å². The molecule has 0 amide bonds. The average molecular weight is 374 g/mol. The molecule has 1 atom stereocenters. The molecule has 0 spiro atoms. The molecule has 1 aromatic rings. The van der Waals surface area contributed by atoms with Gasteiger partial charge in [-0.05, 0) is 51.8 Å². The Bertz CT molecular complexity index is 642. The number of hydrogen-bond acceptors (Lipinski definition) is 5. The van der Waals surface area contributed by atoms with E-state index in [0.717, 1.165) is 25.0 Å². The maximum Gasteiger partial charge on any atom is 0.416 e. The molecule has 2 rings (SSSR count). The molecule has 0 aromatic heterocycles. The van der Waals surface area contributed by atoms with Gasteiger partial charge in [-0.1, -0.05) is 0 Å². The zero-order valence-corrected chi connectivity index (χ0v) is 15.2. The van der Waals surface area contributed by atoms with Gasteiger partial charge in [0.25, 0.3) is 0 Å². The summed E-state index contributed by atoms with van der Waals surface area (Å²) in [5.41, 5.74) is 4.23. The molecule has 8 heteroatoms. The van der Waals surface area contributed by atoms with Crippen LogP contribution in [0.15, 0.2) is 18.2 Å². The van der Waals surface area contributed by atoms with E-state index in [-0.39, 0.29) is 23.3 Å². The average Bonchev–Trinajstić information content (AvgIpc) is 2.52. The second-order valence-electron chi connectivity index (χ2n) is 7.59. The standard InChI is InChI=1S/C18H25F3N2O3/c1-17(2,3)16(24)26-23-8-4-5-12(10-23)11-25-15-7-6-13(9-14(15)22)18(19,20)21/h6-7,9,12H,4-5,8,10-11,22H2,1-3H3/t12-/m1/s1. The predicted molar refractivity (Wildman–Crippen MR) is 91.2 cm³/mol. The van der Waals surface area contributed by atoms with Crippen molar-refractivity contribution in [2.75, 3.05) is 25.4 Å². The highest BCUT2D eigenvalue weighted by Gasteiger charge is 2.31. The van der Waals surface area contributed by atoms with E-state index >= 15 is 0 Å². The fourth-order valence-electron chi connectivity index (χ4n) is 2.56. The topological polar surface area (TPSA) is 64.8 Å². The monoisotopic (exact) mass is 374 g/mol. The smallest absolute Gasteiger partial charge is 0.416 e. The summed E-state index contributed by atoms with van der Waals surface area (Å²) in [6, 6.07) is 3.05. The molecule has 1 heterocycles. The summed E-state index contributed by atoms with van der Waals surface area (Å²) in [6.07, 6.45) is -2.72. The van der Waals surface area contributed by atoms with Gasteiger partial charge in [0.15, 0.2) is 0 Å². The summed E-state index contributed by atoms with van der Waals surface area (Å²) < 4.78 is 43.6. The Balaban J connectivity index is 1.90. The minimum Gasteiger partial charge on any atom is -0.491 e. The van der Waals surface area contributed by atoms with Gasteiger partial charge in [-0.2, -0.15) is 13.2 Å². The van der Waals surface area contributed by atoms with Crippen molar-refractivity contribution in [1.82, 2.24) is 5.06 Å². The van der Waals surface area contributed by atoms with Crippen LogP contribution in [0.2, 0.25) is 0 Å². The third-order valence-corrected chi connectivity index (χ3v) is 4.12. The SMILES string of the molecule is CC(C)(C)C(=O)ON1CCC[C@@H](COc2ccc(C(F)(F)F)cc2N)C1. The Kier molecular flexibility index (Phi) is 6.05. The number of carbonyl (C=O) groups is 1. The van der Waals surface area contributed by atoms with E-state index in [0.29, 0.717) is 19.7 Å². The number of nitrogen functional groups attached to an aromatic ring is 1. The first-order chi connectivity index (χ1) is 12.0. The van der Waals surface area contributed by atoms with Crippen molar-refractivity contribution in [2.45, 2.75) is 39.8 Å². The summed E-state index contributed by atoms with van der Waals surface area (Å²) >= 11 is 0. The van der Waals surface area contributed by atoms with Gasteiger partial charge in [0, 0.05) is 19.0 Å². The number of hydrogen-bond donors (Lipinski definition) is 1. The largest absolute Gasteiger partial charge is 0.491 e. The fraction of sp³-hybridized carbons (Fsp3) is 0.611. The van der Waals surface area contributed by atoms with E-state index < -0.39 is 17.2 Å². The number of rotatable bonds is 4. The molecule has 1 aromatic carbocycles. The molecular formula is C18H25F3N2O3. The van der Waals surface area contributed by atoms with E-state index in [2.05, 4.69) is 0 Å². The Labute approximate surface area is 151 Å². The van der Waals surface area contributed by atoms with Gasteiger partial charge in [0.1, 0.15) is 5.75 Å². The molecule has 0 unspecified atom stereocenters. The number of benzene rings is 1. The van der Waals surface area contributed by atoms with Gasteiger partial charge < -0.3 is 15.3 Å². The zero-order chi connectivity index (χ0) is 19.5. The van der Waals surface area contributed by atoms with Crippen LogP contribution in [0.1, 0.15) is 39.2 Å². The van der Waals surface area contributed by atoms with Crippen LogP contribution in [0.3, 0.4) is 0 Å². The predicted octanol–water partition coefficient (Wildman–Crippen LogP) is 3.88. The first kappa shape index (κ1) is 20.4. The highest BCUT2D eigenvalue weighted by Crippen LogP contribution is 2.34. The van der Waals surface area contributed by atoms with Crippen molar-refractivity contribution >= 4 is 11.7 Å². The maximum absolute atomic E-state index is 12.7. The molecule has 0 bridgehead atoms. The van der Waals surface area contributed by atoms with E-state index in [1.807, 2.05) is 0 Å². The van der Waals surface area contributed by atoms with Crippen molar-refractivity contribution in [3.05, 3.63) is 23.8 Å². The van der Waals surface area contributed by atoms with Crippen LogP contribution < -0.4 is 10.5 Å². The Morgan fingerprint density at radius 3 is 2.58 bits per heavy atom. The molecule has 146 valence electrons. The van der Waals surface area contributed by atoms with Crippen molar-refractivity contribution in [2.24, 2.45) is 11.3 Å². The molecule has 0 saturated carbocycles. The Morgan fingerprint density at radius 2 is 2.00 bits per heavy atom. The van der Waals surface area contributed by atoms with Crippen molar-refractivity contribution in [3.8, 4) is 5.75 Å². The molecular weight excluding hydrogens is 349 g/mol. The van der Waals surface area contributed by atoms with Crippen LogP contribution in [0.25, 0.3) is 0 Å². The number of nitrogens with zero attached hydrogens (tertiary/aromatic N) is 1. The number of halogens is 3. The molecule has 5 nitrogen and oxygen atoms in total. The minimum absolute atomic E-state index is 0.0494. The van der Waals surface area contributed by atoms with Gasteiger partial charge in [-0.25, -0.2) is 4.79 Å². The Morgan fingerprint density at radius 1 is 1.31 bits per heavy atom. The van der Waals surface area contributed by atoms with Gasteiger partial charge in [0.05, 0.1) is 23.3 Å². The van der Waals surface area contributed by atoms with Crippen LogP contribution in [0.5, 0.6) is 5.75 Å². The highest BCUT2D eigenvalue weighted by molar-refractivity contribution is 5.75. The second kappa shape index (κ2) is 7.73. The molecule has 1 fully saturated rings. The number of hydroxylamine groups is 2. The first-order valence-corrected chi connectivity index (χ1v) is 8.53. The molecule has 0 aliphatic carbocycles. The lowest BCUT2D eigenvalue weighted by Gasteiger charge is -2.32. The van der Waals surface area contributed by atoms with E-state index in [4.69, 9.17) is 15.3 Å². The lowest BCUT2D eigenvalue weighted by atomic mass is 9.97. The third kappa shape index (κ3) is 5.52. The van der Waals surface area contributed by atoms with Crippen molar-refractivity contribution < 1.29 is 27.5 Å². The number of alkyl halides is 3. The quantitative estimate of drug-likeness (QED) is 0.810.